The maximum atomic E-state index is 11.8. The molecule has 0 aliphatic rings. The molecule has 0 fully saturated rings. The molecule has 0 saturated heterocycles. The molecule has 17 heavy (non-hydrogen) atoms. The number of carbonyl (C=O) groups excluding carboxylic acids is 1. The highest BCUT2D eigenvalue weighted by atomic mass is 32.2. The van der Waals surface area contributed by atoms with Crippen molar-refractivity contribution in [1.29, 1.82) is 0 Å². The van der Waals surface area contributed by atoms with E-state index in [2.05, 4.69) is 15.0 Å². The maximum absolute atomic E-state index is 11.8. The number of anilines is 1. The average Bonchev–Trinajstić information content (AvgIpc) is 2.28. The Balaban J connectivity index is 3.01. The topological polar surface area (TPSA) is 114 Å². The Morgan fingerprint density at radius 2 is 2.24 bits per heavy atom. The van der Waals surface area contributed by atoms with Crippen LogP contribution in [0.3, 0.4) is 0 Å². The smallest absolute Gasteiger partial charge is 0.244 e. The zero-order valence-corrected chi connectivity index (χ0v) is 10.1. The van der Waals surface area contributed by atoms with Gasteiger partial charge in [0.2, 0.25) is 15.9 Å². The third-order valence-electron chi connectivity index (χ3n) is 1.84. The van der Waals surface area contributed by atoms with Crippen molar-refractivity contribution in [1.82, 2.24) is 9.71 Å². The van der Waals surface area contributed by atoms with E-state index < -0.39 is 22.5 Å². The van der Waals surface area contributed by atoms with Crippen molar-refractivity contribution in [2.45, 2.75) is 11.8 Å². The number of nitrogens with two attached hydrogens (primary N) is 1. The summed E-state index contributed by atoms with van der Waals surface area (Å²) in [6.07, 6.45) is 1.48. The molecule has 0 aliphatic heterocycles. The Labute approximate surface area is 99.5 Å². The van der Waals surface area contributed by atoms with Crippen molar-refractivity contribution < 1.29 is 13.2 Å². The van der Waals surface area contributed by atoms with E-state index in [0.29, 0.717) is 6.54 Å². The first-order chi connectivity index (χ1) is 7.97. The minimum Gasteiger partial charge on any atom is -0.369 e. The maximum Gasteiger partial charge on any atom is 0.244 e. The lowest BCUT2D eigenvalue weighted by Crippen LogP contribution is -2.33. The molecule has 1 aromatic rings. The summed E-state index contributed by atoms with van der Waals surface area (Å²) in [6.45, 7) is 1.92. The monoisotopic (exact) mass is 258 g/mol. The summed E-state index contributed by atoms with van der Waals surface area (Å²) in [6, 6.07) is 2.90. The van der Waals surface area contributed by atoms with Crippen molar-refractivity contribution in [3.05, 3.63) is 18.3 Å². The van der Waals surface area contributed by atoms with E-state index in [-0.39, 0.29) is 10.7 Å². The van der Waals surface area contributed by atoms with Crippen molar-refractivity contribution in [3.63, 3.8) is 0 Å². The van der Waals surface area contributed by atoms with Crippen molar-refractivity contribution in [3.8, 4) is 0 Å². The minimum atomic E-state index is -3.78. The highest BCUT2D eigenvalue weighted by Gasteiger charge is 2.19. The fourth-order valence-corrected chi connectivity index (χ4v) is 2.28. The van der Waals surface area contributed by atoms with E-state index in [0.717, 1.165) is 0 Å². The molecule has 1 amide bonds. The highest BCUT2D eigenvalue weighted by Crippen LogP contribution is 2.17. The second-order valence-electron chi connectivity index (χ2n) is 3.17. The number of hydrogen-bond acceptors (Lipinski definition) is 5. The molecule has 0 saturated carbocycles. The van der Waals surface area contributed by atoms with Gasteiger partial charge >= 0.3 is 0 Å². The zero-order chi connectivity index (χ0) is 12.9. The van der Waals surface area contributed by atoms with Crippen LogP contribution in [0.2, 0.25) is 0 Å². The first-order valence-corrected chi connectivity index (χ1v) is 6.42. The second kappa shape index (κ2) is 5.60. The third-order valence-corrected chi connectivity index (χ3v) is 3.27. The molecular weight excluding hydrogens is 244 g/mol. The van der Waals surface area contributed by atoms with Gasteiger partial charge in [-0.2, -0.15) is 0 Å². The van der Waals surface area contributed by atoms with Gasteiger partial charge in [-0.05, 0) is 19.1 Å². The van der Waals surface area contributed by atoms with Crippen LogP contribution in [0, 0.1) is 0 Å². The molecule has 0 radical (unpaired) electrons. The number of aromatic nitrogens is 1. The van der Waals surface area contributed by atoms with Crippen molar-refractivity contribution in [2.24, 2.45) is 5.73 Å². The largest absolute Gasteiger partial charge is 0.369 e. The lowest BCUT2D eigenvalue weighted by molar-refractivity contribution is -0.116. The standard InChI is InChI=1S/C9H14N4O3S/c1-2-11-9-7(4-3-5-12-9)17(15,16)13-6-8(10)14/h3-5,13H,2,6H2,1H3,(H2,10,14)(H,11,12). The van der Waals surface area contributed by atoms with Gasteiger partial charge in [-0.15, -0.1) is 0 Å². The summed E-state index contributed by atoms with van der Waals surface area (Å²) in [7, 11) is -3.78. The molecule has 4 N–H and O–H groups in total. The summed E-state index contributed by atoms with van der Waals surface area (Å²) in [4.78, 5) is 14.5. The molecule has 7 nitrogen and oxygen atoms in total. The van der Waals surface area contributed by atoms with E-state index in [4.69, 9.17) is 5.73 Å². The van der Waals surface area contributed by atoms with Gasteiger partial charge in [-0.25, -0.2) is 18.1 Å². The number of amides is 1. The van der Waals surface area contributed by atoms with Gasteiger partial charge < -0.3 is 11.1 Å². The van der Waals surface area contributed by atoms with Gasteiger partial charge in [-0.3, -0.25) is 4.79 Å². The zero-order valence-electron chi connectivity index (χ0n) is 9.30. The van der Waals surface area contributed by atoms with Gasteiger partial charge in [0.05, 0.1) is 6.54 Å². The average molecular weight is 258 g/mol. The molecular formula is C9H14N4O3S. The summed E-state index contributed by atoms with van der Waals surface area (Å²) < 4.78 is 25.8. The van der Waals surface area contributed by atoms with E-state index in [9.17, 15) is 13.2 Å². The molecule has 8 heteroatoms. The van der Waals surface area contributed by atoms with Crippen LogP contribution in [0.5, 0.6) is 0 Å². The lowest BCUT2D eigenvalue weighted by Gasteiger charge is -2.10. The van der Waals surface area contributed by atoms with Gasteiger partial charge in [0, 0.05) is 12.7 Å². The molecule has 0 aromatic carbocycles. The normalized spacial score (nSPS) is 11.1. The number of hydrogen-bond donors (Lipinski definition) is 3. The summed E-state index contributed by atoms with van der Waals surface area (Å²) in [5.41, 5.74) is 4.88. The Morgan fingerprint density at radius 3 is 2.82 bits per heavy atom. The summed E-state index contributed by atoms with van der Waals surface area (Å²) in [5, 5.41) is 2.82. The van der Waals surface area contributed by atoms with Crippen LogP contribution in [-0.4, -0.2) is 32.4 Å². The fraction of sp³-hybridized carbons (Fsp3) is 0.333. The van der Waals surface area contributed by atoms with Crippen LogP contribution in [0.4, 0.5) is 5.82 Å². The summed E-state index contributed by atoms with van der Waals surface area (Å²) >= 11 is 0. The minimum absolute atomic E-state index is 0.0110. The molecule has 0 spiro atoms. The molecule has 0 aliphatic carbocycles. The molecule has 94 valence electrons. The van der Waals surface area contributed by atoms with E-state index in [1.807, 2.05) is 6.92 Å². The van der Waals surface area contributed by atoms with Crippen LogP contribution in [0.1, 0.15) is 6.92 Å². The lowest BCUT2D eigenvalue weighted by atomic mass is 10.4. The number of nitrogens with zero attached hydrogens (tertiary/aromatic N) is 1. The highest BCUT2D eigenvalue weighted by molar-refractivity contribution is 7.89. The van der Waals surface area contributed by atoms with Crippen molar-refractivity contribution >= 4 is 21.7 Å². The van der Waals surface area contributed by atoms with Crippen LogP contribution in [0.25, 0.3) is 0 Å². The number of primary amides is 1. The SMILES string of the molecule is CCNc1ncccc1S(=O)(=O)NCC(N)=O. The van der Waals surface area contributed by atoms with Crippen LogP contribution in [-0.2, 0) is 14.8 Å². The summed E-state index contributed by atoms with van der Waals surface area (Å²) in [5.74, 6) is -0.505. The van der Waals surface area contributed by atoms with Crippen molar-refractivity contribution in [2.75, 3.05) is 18.4 Å². The Bertz CT molecular complexity index is 501. The predicted molar refractivity (Wildman–Crippen MR) is 62.8 cm³/mol. The van der Waals surface area contributed by atoms with Gasteiger partial charge in [0.15, 0.2) is 0 Å². The number of nitrogens with one attached hydrogen (secondary N) is 2. The van der Waals surface area contributed by atoms with E-state index >= 15 is 0 Å². The first-order valence-electron chi connectivity index (χ1n) is 4.94. The van der Waals surface area contributed by atoms with Gasteiger partial charge in [0.25, 0.3) is 0 Å². The van der Waals surface area contributed by atoms with Crippen LogP contribution >= 0.6 is 0 Å². The predicted octanol–water partition coefficient (Wildman–Crippen LogP) is -0.723. The fourth-order valence-electron chi connectivity index (χ4n) is 1.15. The quantitative estimate of drug-likeness (QED) is 0.623. The number of sulfonamides is 1. The molecule has 0 atom stereocenters. The number of pyridine rings is 1. The molecule has 1 rings (SSSR count). The third kappa shape index (κ3) is 3.68. The number of carbonyl (C=O) groups is 1. The van der Waals surface area contributed by atoms with Gasteiger partial charge in [-0.1, -0.05) is 0 Å². The second-order valence-corrected chi connectivity index (χ2v) is 4.91. The van der Waals surface area contributed by atoms with Crippen LogP contribution < -0.4 is 15.8 Å². The van der Waals surface area contributed by atoms with E-state index in [1.54, 1.807) is 0 Å². The Hall–Kier alpha value is -1.67. The Morgan fingerprint density at radius 1 is 1.53 bits per heavy atom. The first kappa shape index (κ1) is 13.4. The van der Waals surface area contributed by atoms with Gasteiger partial charge in [0.1, 0.15) is 10.7 Å². The molecule has 0 unspecified atom stereocenters. The van der Waals surface area contributed by atoms with Crippen LogP contribution in [0.15, 0.2) is 23.2 Å². The molecule has 1 heterocycles. The Kier molecular flexibility index (Phi) is 4.41. The van der Waals surface area contributed by atoms with E-state index in [1.165, 1.54) is 18.3 Å². The number of rotatable bonds is 6. The molecule has 1 aromatic heterocycles. The molecule has 0 bridgehead atoms.